The van der Waals surface area contributed by atoms with Gasteiger partial charge < -0.3 is 9.47 Å². The lowest BCUT2D eigenvalue weighted by atomic mass is 9.80. The second-order valence-corrected chi connectivity index (χ2v) is 3.42. The molecule has 0 aromatic carbocycles. The first-order valence-corrected chi connectivity index (χ1v) is 4.34. The van der Waals surface area contributed by atoms with Crippen LogP contribution in [0.3, 0.4) is 0 Å². The van der Waals surface area contributed by atoms with Gasteiger partial charge in [-0.1, -0.05) is 0 Å². The molecule has 1 saturated heterocycles. The van der Waals surface area contributed by atoms with Crippen LogP contribution in [0.5, 0.6) is 0 Å². The third kappa shape index (κ3) is 1.30. The van der Waals surface area contributed by atoms with E-state index in [-0.39, 0.29) is 29.9 Å². The molecule has 1 radical (unpaired) electrons. The number of fused-ring (bicyclic) bond motifs is 2. The first-order chi connectivity index (χ1) is 6.22. The number of carbonyl (C=O) groups excluding carboxylic acids is 2. The number of methoxy groups -OCH3 is 1. The van der Waals surface area contributed by atoms with E-state index >= 15 is 0 Å². The van der Waals surface area contributed by atoms with Crippen LogP contribution < -0.4 is 0 Å². The van der Waals surface area contributed by atoms with E-state index in [1.807, 2.05) is 6.42 Å². The van der Waals surface area contributed by atoms with Crippen molar-refractivity contribution in [2.45, 2.75) is 18.9 Å². The molecule has 71 valence electrons. The smallest absolute Gasteiger partial charge is 0.310 e. The SMILES string of the molecule is COC(=O)C1C[CH]C2CC1C(=O)O2. The van der Waals surface area contributed by atoms with E-state index in [0.29, 0.717) is 12.8 Å². The Morgan fingerprint density at radius 1 is 1.69 bits per heavy atom. The normalized spacial score (nSPS) is 37.0. The van der Waals surface area contributed by atoms with Gasteiger partial charge in [-0.05, 0) is 12.8 Å². The van der Waals surface area contributed by atoms with Gasteiger partial charge in [0, 0.05) is 6.42 Å². The first kappa shape index (κ1) is 8.53. The average Bonchev–Trinajstić information content (AvgIpc) is 2.42. The van der Waals surface area contributed by atoms with Crippen LogP contribution in [0.2, 0.25) is 0 Å². The first-order valence-electron chi connectivity index (χ1n) is 4.34. The summed E-state index contributed by atoms with van der Waals surface area (Å²) in [5, 5.41) is 0. The summed E-state index contributed by atoms with van der Waals surface area (Å²) in [7, 11) is 1.34. The number of hydrogen-bond acceptors (Lipinski definition) is 4. The van der Waals surface area contributed by atoms with Crippen molar-refractivity contribution in [3.05, 3.63) is 6.42 Å². The Kier molecular flexibility index (Phi) is 1.98. The molecule has 0 aromatic rings. The number of hydrogen-bond donors (Lipinski definition) is 0. The predicted molar refractivity (Wildman–Crippen MR) is 42.4 cm³/mol. The summed E-state index contributed by atoms with van der Waals surface area (Å²) in [6, 6.07) is 0. The minimum absolute atomic E-state index is 0.0709. The highest BCUT2D eigenvalue weighted by atomic mass is 16.6. The molecule has 0 amide bonds. The van der Waals surface area contributed by atoms with Crippen LogP contribution in [0, 0.1) is 18.3 Å². The Labute approximate surface area is 76.2 Å². The maximum absolute atomic E-state index is 11.3. The molecule has 0 N–H and O–H groups in total. The fourth-order valence-corrected chi connectivity index (χ4v) is 1.98. The molecule has 2 aliphatic rings. The fraction of sp³-hybridized carbons (Fsp3) is 0.667. The zero-order valence-electron chi connectivity index (χ0n) is 7.36. The summed E-state index contributed by atoms with van der Waals surface area (Å²) in [6.45, 7) is 0. The van der Waals surface area contributed by atoms with Crippen molar-refractivity contribution in [1.82, 2.24) is 0 Å². The number of rotatable bonds is 1. The quantitative estimate of drug-likeness (QED) is 0.549. The second kappa shape index (κ2) is 3.01. The molecule has 1 aliphatic carbocycles. The summed E-state index contributed by atoms with van der Waals surface area (Å²) in [4.78, 5) is 22.5. The van der Waals surface area contributed by atoms with E-state index < -0.39 is 0 Å². The van der Waals surface area contributed by atoms with Gasteiger partial charge in [-0.25, -0.2) is 0 Å². The zero-order valence-corrected chi connectivity index (χ0v) is 7.36. The van der Waals surface area contributed by atoms with E-state index in [0.717, 1.165) is 0 Å². The van der Waals surface area contributed by atoms with Gasteiger partial charge in [0.2, 0.25) is 0 Å². The van der Waals surface area contributed by atoms with Crippen LogP contribution in [0.1, 0.15) is 12.8 Å². The summed E-state index contributed by atoms with van der Waals surface area (Å²) in [6.07, 6.45) is 3.04. The lowest BCUT2D eigenvalue weighted by Gasteiger charge is -2.21. The summed E-state index contributed by atoms with van der Waals surface area (Å²) < 4.78 is 9.63. The van der Waals surface area contributed by atoms with Crippen LogP contribution in [-0.2, 0) is 19.1 Å². The maximum atomic E-state index is 11.3. The largest absolute Gasteiger partial charge is 0.469 e. The lowest BCUT2D eigenvalue weighted by molar-refractivity contribution is -0.153. The van der Waals surface area contributed by atoms with Gasteiger partial charge in [0.25, 0.3) is 0 Å². The molecule has 2 fully saturated rings. The average molecular weight is 183 g/mol. The topological polar surface area (TPSA) is 52.6 Å². The number of carbonyl (C=O) groups is 2. The molecule has 4 heteroatoms. The molecule has 2 bridgehead atoms. The molecule has 3 atom stereocenters. The summed E-state index contributed by atoms with van der Waals surface area (Å²) >= 11 is 0. The second-order valence-electron chi connectivity index (χ2n) is 3.42. The lowest BCUT2D eigenvalue weighted by Crippen LogP contribution is -2.30. The van der Waals surface area contributed by atoms with Crippen molar-refractivity contribution in [1.29, 1.82) is 0 Å². The van der Waals surface area contributed by atoms with Crippen molar-refractivity contribution in [2.24, 2.45) is 11.8 Å². The molecule has 1 aliphatic heterocycles. The Bertz CT molecular complexity index is 248. The van der Waals surface area contributed by atoms with E-state index in [2.05, 4.69) is 4.74 Å². The van der Waals surface area contributed by atoms with Gasteiger partial charge >= 0.3 is 11.9 Å². The van der Waals surface area contributed by atoms with Crippen molar-refractivity contribution in [3.8, 4) is 0 Å². The van der Waals surface area contributed by atoms with E-state index in [4.69, 9.17) is 4.74 Å². The van der Waals surface area contributed by atoms with Crippen molar-refractivity contribution in [3.63, 3.8) is 0 Å². The van der Waals surface area contributed by atoms with Gasteiger partial charge in [0.15, 0.2) is 0 Å². The van der Waals surface area contributed by atoms with Crippen LogP contribution in [0.15, 0.2) is 0 Å². The Hall–Kier alpha value is -1.06. The standard InChI is InChI=1S/C9H11O4/c1-12-8(10)6-3-2-5-4-7(6)9(11)13-5/h2,5-7H,3-4H2,1H3. The number of esters is 2. The van der Waals surface area contributed by atoms with Crippen LogP contribution in [-0.4, -0.2) is 25.2 Å². The third-order valence-electron chi connectivity index (χ3n) is 2.70. The fourth-order valence-electron chi connectivity index (χ4n) is 1.98. The van der Waals surface area contributed by atoms with Gasteiger partial charge in [-0.2, -0.15) is 0 Å². The van der Waals surface area contributed by atoms with Crippen molar-refractivity contribution in [2.75, 3.05) is 7.11 Å². The predicted octanol–water partition coefficient (Wildman–Crippen LogP) is 0.315. The molecule has 1 saturated carbocycles. The highest BCUT2D eigenvalue weighted by Crippen LogP contribution is 2.38. The van der Waals surface area contributed by atoms with E-state index in [1.165, 1.54) is 7.11 Å². The highest BCUT2D eigenvalue weighted by Gasteiger charge is 2.47. The summed E-state index contributed by atoms with van der Waals surface area (Å²) in [5.74, 6) is -1.16. The molecular formula is C9H11O4. The Morgan fingerprint density at radius 2 is 2.46 bits per heavy atom. The van der Waals surface area contributed by atoms with Gasteiger partial charge in [0.1, 0.15) is 6.10 Å². The van der Waals surface area contributed by atoms with E-state index in [1.54, 1.807) is 0 Å². The minimum Gasteiger partial charge on any atom is -0.469 e. The third-order valence-corrected chi connectivity index (χ3v) is 2.70. The Balaban J connectivity index is 2.13. The maximum Gasteiger partial charge on any atom is 0.310 e. The van der Waals surface area contributed by atoms with E-state index in [9.17, 15) is 9.59 Å². The summed E-state index contributed by atoms with van der Waals surface area (Å²) in [5.41, 5.74) is 0. The highest BCUT2D eigenvalue weighted by molar-refractivity contribution is 5.84. The van der Waals surface area contributed by atoms with Gasteiger partial charge in [-0.3, -0.25) is 9.59 Å². The molecule has 4 nitrogen and oxygen atoms in total. The molecule has 13 heavy (non-hydrogen) atoms. The zero-order chi connectivity index (χ0) is 9.42. The number of ether oxygens (including phenoxy) is 2. The molecule has 3 unspecified atom stereocenters. The monoisotopic (exact) mass is 183 g/mol. The van der Waals surface area contributed by atoms with Crippen molar-refractivity contribution < 1.29 is 19.1 Å². The van der Waals surface area contributed by atoms with Gasteiger partial charge in [-0.15, -0.1) is 0 Å². The van der Waals surface area contributed by atoms with Crippen molar-refractivity contribution >= 4 is 11.9 Å². The Morgan fingerprint density at radius 3 is 3.15 bits per heavy atom. The van der Waals surface area contributed by atoms with Crippen LogP contribution >= 0.6 is 0 Å². The molecule has 2 rings (SSSR count). The molecular weight excluding hydrogens is 172 g/mol. The van der Waals surface area contributed by atoms with Gasteiger partial charge in [0.05, 0.1) is 18.9 Å². The molecule has 0 spiro atoms. The minimum atomic E-state index is -0.323. The van der Waals surface area contributed by atoms with Crippen LogP contribution in [0.25, 0.3) is 0 Å². The molecule has 1 heterocycles. The van der Waals surface area contributed by atoms with Crippen LogP contribution in [0.4, 0.5) is 0 Å². The molecule has 0 aromatic heterocycles.